The number of aryl methyl sites for hydroxylation is 2. The predicted molar refractivity (Wildman–Crippen MR) is 100 cm³/mol. The molecule has 6 heteroatoms. The first kappa shape index (κ1) is 17.0. The van der Waals surface area contributed by atoms with Gasteiger partial charge in [-0.1, -0.05) is 0 Å². The lowest BCUT2D eigenvalue weighted by molar-refractivity contribution is 0.415. The molecule has 135 valence electrons. The first-order valence-electron chi connectivity index (χ1n) is 8.32. The molecule has 0 unspecified atom stereocenters. The molecule has 0 fully saturated rings. The number of halogens is 1. The molecule has 0 amide bonds. The summed E-state index contributed by atoms with van der Waals surface area (Å²) in [5.74, 6) is 0.760. The fourth-order valence-electron chi connectivity index (χ4n) is 3.12. The molecule has 0 aliphatic rings. The summed E-state index contributed by atoms with van der Waals surface area (Å²) in [6, 6.07) is 14.5. The fraction of sp³-hybridized carbons (Fsp3) is 0.143. The van der Waals surface area contributed by atoms with Gasteiger partial charge in [0.15, 0.2) is 0 Å². The molecular weight excluding hydrogens is 347 g/mol. The lowest BCUT2D eigenvalue weighted by Gasteiger charge is -2.07. The van der Waals surface area contributed by atoms with Crippen molar-refractivity contribution < 1.29 is 13.5 Å². The molecule has 0 saturated carbocycles. The van der Waals surface area contributed by atoms with Gasteiger partial charge >= 0.3 is 0 Å². The Morgan fingerprint density at radius 2 is 1.93 bits per heavy atom. The summed E-state index contributed by atoms with van der Waals surface area (Å²) in [6.45, 7) is 1.75. The van der Waals surface area contributed by atoms with Crippen LogP contribution in [0.25, 0.3) is 33.4 Å². The van der Waals surface area contributed by atoms with E-state index in [4.69, 9.17) is 9.15 Å². The van der Waals surface area contributed by atoms with Crippen molar-refractivity contribution in [1.29, 1.82) is 0 Å². The maximum Gasteiger partial charge on any atom is 0.275 e. The van der Waals surface area contributed by atoms with Crippen LogP contribution in [0.3, 0.4) is 0 Å². The van der Waals surface area contributed by atoms with Crippen LogP contribution in [-0.2, 0) is 7.05 Å². The standard InChI is InChI=1S/C21H16FN2O3/c1-12-10-17(21(25)24(2)23-12)19-16-11-14(22)6-9-18(16)27-20(19)13-4-7-15(26-3)8-5-13/h4-9,11H,1-3H3. The highest BCUT2D eigenvalue weighted by molar-refractivity contribution is 6.01. The number of furan rings is 1. The van der Waals surface area contributed by atoms with Crippen molar-refractivity contribution in [3.8, 4) is 28.2 Å². The van der Waals surface area contributed by atoms with Crippen LogP contribution in [-0.4, -0.2) is 16.9 Å². The van der Waals surface area contributed by atoms with Crippen LogP contribution in [0.5, 0.6) is 5.75 Å². The van der Waals surface area contributed by atoms with Crippen molar-refractivity contribution in [2.24, 2.45) is 7.05 Å². The lowest BCUT2D eigenvalue weighted by Crippen LogP contribution is -2.22. The number of aromatic nitrogens is 2. The Kier molecular flexibility index (Phi) is 4.03. The summed E-state index contributed by atoms with van der Waals surface area (Å²) in [7, 11) is 3.16. The van der Waals surface area contributed by atoms with Gasteiger partial charge in [-0.25, -0.2) is 9.07 Å². The van der Waals surface area contributed by atoms with Gasteiger partial charge in [0.25, 0.3) is 5.56 Å². The number of hydrogen-bond donors (Lipinski definition) is 0. The SMILES string of the molecule is COc1ccc(-c2oc3ccc(F)cc3c2-c2[c]c(C)nn(C)c2=O)cc1. The minimum absolute atomic E-state index is 0.292. The highest BCUT2D eigenvalue weighted by atomic mass is 19.1. The zero-order valence-electron chi connectivity index (χ0n) is 15.0. The van der Waals surface area contributed by atoms with E-state index in [0.29, 0.717) is 39.3 Å². The highest BCUT2D eigenvalue weighted by Gasteiger charge is 2.22. The van der Waals surface area contributed by atoms with Gasteiger partial charge in [0.05, 0.1) is 18.4 Å². The molecule has 2 heterocycles. The van der Waals surface area contributed by atoms with Gasteiger partial charge in [-0.05, 0) is 49.4 Å². The first-order chi connectivity index (χ1) is 13.0. The summed E-state index contributed by atoms with van der Waals surface area (Å²) < 4.78 is 26.4. The van der Waals surface area contributed by atoms with Gasteiger partial charge in [0, 0.05) is 29.6 Å². The average molecular weight is 363 g/mol. The smallest absolute Gasteiger partial charge is 0.275 e. The average Bonchev–Trinajstić information content (AvgIpc) is 3.03. The molecule has 4 rings (SSSR count). The second kappa shape index (κ2) is 6.39. The Hall–Kier alpha value is -3.41. The Morgan fingerprint density at radius 1 is 1.19 bits per heavy atom. The molecule has 0 spiro atoms. The molecule has 0 bridgehead atoms. The maximum atomic E-state index is 13.9. The lowest BCUT2D eigenvalue weighted by atomic mass is 9.99. The van der Waals surface area contributed by atoms with E-state index >= 15 is 0 Å². The van der Waals surface area contributed by atoms with Gasteiger partial charge in [-0.15, -0.1) is 0 Å². The van der Waals surface area contributed by atoms with Gasteiger partial charge in [-0.3, -0.25) is 4.79 Å². The van der Waals surface area contributed by atoms with Gasteiger partial charge < -0.3 is 9.15 Å². The zero-order chi connectivity index (χ0) is 19.1. The van der Waals surface area contributed by atoms with Crippen LogP contribution in [0.4, 0.5) is 4.39 Å². The number of ether oxygens (including phenoxy) is 1. The molecule has 2 aromatic carbocycles. The van der Waals surface area contributed by atoms with Gasteiger partial charge in [0.2, 0.25) is 0 Å². The second-order valence-corrected chi connectivity index (χ2v) is 6.19. The minimum atomic E-state index is -0.409. The van der Waals surface area contributed by atoms with E-state index in [2.05, 4.69) is 11.2 Å². The van der Waals surface area contributed by atoms with Gasteiger partial charge in [-0.2, -0.15) is 5.10 Å². The quantitative estimate of drug-likeness (QED) is 0.549. The van der Waals surface area contributed by atoms with E-state index in [1.54, 1.807) is 39.3 Å². The van der Waals surface area contributed by atoms with Crippen molar-refractivity contribution in [2.75, 3.05) is 7.11 Å². The summed E-state index contributed by atoms with van der Waals surface area (Å²) in [6.07, 6.45) is 0. The van der Waals surface area contributed by atoms with E-state index in [9.17, 15) is 9.18 Å². The number of fused-ring (bicyclic) bond motifs is 1. The summed E-state index contributed by atoms with van der Waals surface area (Å²) in [5.41, 5.74) is 2.25. The van der Waals surface area contributed by atoms with Crippen molar-refractivity contribution in [2.45, 2.75) is 6.92 Å². The van der Waals surface area contributed by atoms with Crippen LogP contribution in [0.2, 0.25) is 0 Å². The second-order valence-electron chi connectivity index (χ2n) is 6.19. The van der Waals surface area contributed by atoms with Crippen LogP contribution < -0.4 is 10.3 Å². The summed E-state index contributed by atoms with van der Waals surface area (Å²) in [4.78, 5) is 12.7. The molecule has 4 aromatic rings. The largest absolute Gasteiger partial charge is 0.497 e. The number of methoxy groups -OCH3 is 1. The Balaban J connectivity index is 2.08. The highest BCUT2D eigenvalue weighted by Crippen LogP contribution is 2.40. The summed E-state index contributed by atoms with van der Waals surface area (Å²) in [5, 5.41) is 4.61. The van der Waals surface area contributed by atoms with E-state index in [-0.39, 0.29) is 5.56 Å². The molecule has 0 aliphatic carbocycles. The van der Waals surface area contributed by atoms with E-state index in [1.807, 2.05) is 12.1 Å². The number of nitrogens with zero attached hydrogens (tertiary/aromatic N) is 2. The van der Waals surface area contributed by atoms with Crippen LogP contribution >= 0.6 is 0 Å². The van der Waals surface area contributed by atoms with Crippen molar-refractivity contribution in [3.05, 3.63) is 70.4 Å². The first-order valence-corrected chi connectivity index (χ1v) is 8.32. The number of rotatable bonds is 3. The molecule has 27 heavy (non-hydrogen) atoms. The third-order valence-electron chi connectivity index (χ3n) is 4.37. The third-order valence-corrected chi connectivity index (χ3v) is 4.37. The molecule has 1 radical (unpaired) electrons. The normalized spacial score (nSPS) is 11.1. The van der Waals surface area contributed by atoms with Crippen LogP contribution in [0, 0.1) is 18.8 Å². The monoisotopic (exact) mass is 363 g/mol. The van der Waals surface area contributed by atoms with Crippen molar-refractivity contribution in [3.63, 3.8) is 0 Å². The van der Waals surface area contributed by atoms with E-state index < -0.39 is 5.82 Å². The van der Waals surface area contributed by atoms with Crippen LogP contribution in [0.15, 0.2) is 51.7 Å². The Bertz CT molecular complexity index is 1210. The molecule has 2 aromatic heterocycles. The van der Waals surface area contributed by atoms with Crippen molar-refractivity contribution in [1.82, 2.24) is 9.78 Å². The minimum Gasteiger partial charge on any atom is -0.497 e. The van der Waals surface area contributed by atoms with Crippen molar-refractivity contribution >= 4 is 11.0 Å². The maximum absolute atomic E-state index is 13.9. The number of benzene rings is 2. The third kappa shape index (κ3) is 2.89. The molecule has 0 N–H and O–H groups in total. The fourth-order valence-corrected chi connectivity index (χ4v) is 3.12. The molecule has 5 nitrogen and oxygen atoms in total. The Labute approximate surface area is 154 Å². The number of hydrogen-bond acceptors (Lipinski definition) is 4. The molecule has 0 saturated heterocycles. The zero-order valence-corrected chi connectivity index (χ0v) is 15.0. The van der Waals surface area contributed by atoms with E-state index in [1.165, 1.54) is 16.8 Å². The van der Waals surface area contributed by atoms with Gasteiger partial charge in [0.1, 0.15) is 22.9 Å². The Morgan fingerprint density at radius 3 is 2.63 bits per heavy atom. The predicted octanol–water partition coefficient (Wildman–Crippen LogP) is 4.12. The van der Waals surface area contributed by atoms with E-state index in [0.717, 1.165) is 5.56 Å². The molecule has 0 atom stereocenters. The molecular formula is C21H16FN2O3. The van der Waals surface area contributed by atoms with Crippen LogP contribution in [0.1, 0.15) is 5.69 Å². The summed E-state index contributed by atoms with van der Waals surface area (Å²) >= 11 is 0. The molecule has 0 aliphatic heterocycles. The topological polar surface area (TPSA) is 57.3 Å².